The van der Waals surface area contributed by atoms with Gasteiger partial charge in [0.25, 0.3) is 0 Å². The summed E-state index contributed by atoms with van der Waals surface area (Å²) >= 11 is 6.02. The van der Waals surface area contributed by atoms with Crippen LogP contribution in [0.4, 0.5) is 10.1 Å². The van der Waals surface area contributed by atoms with Crippen LogP contribution in [-0.4, -0.2) is 40.6 Å². The molecule has 0 bridgehead atoms. The average Bonchev–Trinajstić information content (AvgIpc) is 3.25. The van der Waals surface area contributed by atoms with Gasteiger partial charge in [0, 0.05) is 17.8 Å². The van der Waals surface area contributed by atoms with Crippen LogP contribution in [0.5, 0.6) is 0 Å². The van der Waals surface area contributed by atoms with E-state index in [2.05, 4.69) is 15.5 Å². The molecule has 1 aliphatic rings. The minimum atomic E-state index is -0.322. The molecule has 1 fully saturated rings. The van der Waals surface area contributed by atoms with Crippen LogP contribution in [0.25, 0.3) is 11.4 Å². The molecule has 158 valence electrons. The van der Waals surface area contributed by atoms with E-state index in [1.54, 1.807) is 30.3 Å². The first-order valence-corrected chi connectivity index (χ1v) is 10.2. The third-order valence-corrected chi connectivity index (χ3v) is 5.45. The number of nitriles is 1. The molecule has 0 saturated carbocycles. The smallest absolute Gasteiger partial charge is 0.238 e. The van der Waals surface area contributed by atoms with E-state index < -0.39 is 0 Å². The van der Waals surface area contributed by atoms with Crippen LogP contribution in [-0.2, 0) is 4.79 Å². The van der Waals surface area contributed by atoms with E-state index in [4.69, 9.17) is 21.4 Å². The maximum Gasteiger partial charge on any atom is 0.238 e. The number of rotatable bonds is 5. The van der Waals surface area contributed by atoms with Crippen LogP contribution in [0, 0.1) is 17.1 Å². The number of carbonyl (C=O) groups is 1. The van der Waals surface area contributed by atoms with Gasteiger partial charge in [-0.1, -0.05) is 16.8 Å². The minimum absolute atomic E-state index is 0.0209. The van der Waals surface area contributed by atoms with Crippen molar-refractivity contribution in [1.82, 2.24) is 15.0 Å². The highest BCUT2D eigenvalue weighted by Crippen LogP contribution is 2.28. The van der Waals surface area contributed by atoms with E-state index >= 15 is 0 Å². The van der Waals surface area contributed by atoms with E-state index in [0.29, 0.717) is 40.1 Å². The number of anilines is 1. The van der Waals surface area contributed by atoms with Crippen molar-refractivity contribution in [3.8, 4) is 17.5 Å². The summed E-state index contributed by atoms with van der Waals surface area (Å²) in [4.78, 5) is 19.0. The van der Waals surface area contributed by atoms with Gasteiger partial charge >= 0.3 is 0 Å². The van der Waals surface area contributed by atoms with E-state index in [9.17, 15) is 9.18 Å². The van der Waals surface area contributed by atoms with Gasteiger partial charge in [-0.25, -0.2) is 4.39 Å². The van der Waals surface area contributed by atoms with Crippen molar-refractivity contribution >= 4 is 23.2 Å². The van der Waals surface area contributed by atoms with Crippen molar-refractivity contribution in [3.63, 3.8) is 0 Å². The molecule has 1 atom stereocenters. The molecule has 0 spiro atoms. The molecule has 2 heterocycles. The van der Waals surface area contributed by atoms with Crippen LogP contribution >= 0.6 is 11.6 Å². The lowest BCUT2D eigenvalue weighted by atomic mass is 9.98. The van der Waals surface area contributed by atoms with Crippen molar-refractivity contribution in [1.29, 1.82) is 5.26 Å². The molecule has 0 aliphatic carbocycles. The summed E-state index contributed by atoms with van der Waals surface area (Å²) in [7, 11) is 0. The van der Waals surface area contributed by atoms with Gasteiger partial charge in [-0.15, -0.1) is 0 Å². The maximum absolute atomic E-state index is 13.1. The molecule has 1 saturated heterocycles. The molecular weight excluding hydrogens is 421 g/mol. The van der Waals surface area contributed by atoms with Crippen LogP contribution < -0.4 is 5.32 Å². The molecule has 0 radical (unpaired) electrons. The Morgan fingerprint density at radius 2 is 2.13 bits per heavy atom. The second-order valence-corrected chi connectivity index (χ2v) is 7.80. The summed E-state index contributed by atoms with van der Waals surface area (Å²) in [6.45, 7) is 1.62. The van der Waals surface area contributed by atoms with Crippen LogP contribution in [0.2, 0.25) is 5.02 Å². The Bertz CT molecular complexity index is 1130. The Labute approximate surface area is 183 Å². The van der Waals surface area contributed by atoms with E-state index in [1.165, 1.54) is 12.1 Å². The zero-order valence-electron chi connectivity index (χ0n) is 16.5. The minimum Gasteiger partial charge on any atom is -0.339 e. The number of carbonyl (C=O) groups excluding carboxylic acids is 1. The molecule has 1 aromatic heterocycles. The summed E-state index contributed by atoms with van der Waals surface area (Å²) in [6.07, 6.45) is 1.78. The predicted octanol–water partition coefficient (Wildman–Crippen LogP) is 4.22. The summed E-state index contributed by atoms with van der Waals surface area (Å²) in [5, 5.41) is 16.1. The molecule has 3 aromatic rings. The fraction of sp³-hybridized carbons (Fsp3) is 0.273. The Kier molecular flexibility index (Phi) is 6.26. The van der Waals surface area contributed by atoms with E-state index in [1.807, 2.05) is 11.0 Å². The highest BCUT2D eigenvalue weighted by molar-refractivity contribution is 6.32. The standard InChI is InChI=1S/C22H19ClFN5O2/c23-19-10-18(8-5-15(19)11-25)26-20(30)13-29-9-1-2-16(12-29)22-27-21(28-31-22)14-3-6-17(24)7-4-14/h3-8,10,16H,1-2,9,12-13H2,(H,26,30)/t16-/m1/s1. The molecule has 4 rings (SSSR count). The number of aromatic nitrogens is 2. The van der Waals surface area contributed by atoms with Gasteiger partial charge < -0.3 is 9.84 Å². The highest BCUT2D eigenvalue weighted by atomic mass is 35.5. The molecule has 31 heavy (non-hydrogen) atoms. The lowest BCUT2D eigenvalue weighted by molar-refractivity contribution is -0.117. The number of amides is 1. The Hall–Kier alpha value is -3.28. The molecular formula is C22H19ClFN5O2. The molecule has 1 N–H and O–H groups in total. The number of likely N-dealkylation sites (tertiary alicyclic amines) is 1. The number of piperidine rings is 1. The maximum atomic E-state index is 13.1. The van der Waals surface area contributed by atoms with Crippen LogP contribution in [0.3, 0.4) is 0 Å². The molecule has 7 nitrogen and oxygen atoms in total. The Morgan fingerprint density at radius 1 is 1.32 bits per heavy atom. The molecule has 1 aliphatic heterocycles. The molecule has 9 heteroatoms. The number of nitrogens with zero attached hydrogens (tertiary/aromatic N) is 4. The lowest BCUT2D eigenvalue weighted by Crippen LogP contribution is -2.39. The quantitative estimate of drug-likeness (QED) is 0.639. The largest absolute Gasteiger partial charge is 0.339 e. The predicted molar refractivity (Wildman–Crippen MR) is 113 cm³/mol. The second kappa shape index (κ2) is 9.25. The van der Waals surface area contributed by atoms with Gasteiger partial charge in [-0.2, -0.15) is 10.2 Å². The molecule has 2 aromatic carbocycles. The SMILES string of the molecule is N#Cc1ccc(NC(=O)CN2CCC[C@@H](c3nc(-c4ccc(F)cc4)no3)C2)cc1Cl. The summed E-state index contributed by atoms with van der Waals surface area (Å²) in [6, 6.07) is 12.7. The highest BCUT2D eigenvalue weighted by Gasteiger charge is 2.27. The van der Waals surface area contributed by atoms with Crippen LogP contribution in [0.1, 0.15) is 30.2 Å². The average molecular weight is 440 g/mol. The Balaban J connectivity index is 1.36. The molecule has 0 unspecified atom stereocenters. The summed E-state index contributed by atoms with van der Waals surface area (Å²) in [5.41, 5.74) is 1.59. The van der Waals surface area contributed by atoms with Gasteiger partial charge in [0.05, 0.1) is 23.0 Å². The monoisotopic (exact) mass is 439 g/mol. The number of nitrogens with one attached hydrogen (secondary N) is 1. The van der Waals surface area contributed by atoms with Gasteiger partial charge in [0.15, 0.2) is 0 Å². The number of halogens is 2. The lowest BCUT2D eigenvalue weighted by Gasteiger charge is -2.30. The van der Waals surface area contributed by atoms with Crippen LogP contribution in [0.15, 0.2) is 47.0 Å². The first-order chi connectivity index (χ1) is 15.0. The fourth-order valence-electron chi connectivity index (χ4n) is 3.61. The van der Waals surface area contributed by atoms with Gasteiger partial charge in [0.1, 0.15) is 11.9 Å². The van der Waals surface area contributed by atoms with E-state index in [-0.39, 0.29) is 24.2 Å². The summed E-state index contributed by atoms with van der Waals surface area (Å²) in [5.74, 6) is 0.467. The Morgan fingerprint density at radius 3 is 2.87 bits per heavy atom. The fourth-order valence-corrected chi connectivity index (χ4v) is 3.83. The van der Waals surface area contributed by atoms with E-state index in [0.717, 1.165) is 19.4 Å². The van der Waals surface area contributed by atoms with Gasteiger partial charge in [-0.05, 0) is 61.9 Å². The first-order valence-electron chi connectivity index (χ1n) is 9.83. The van der Waals surface area contributed by atoms with Crippen molar-refractivity contribution in [3.05, 3.63) is 64.8 Å². The van der Waals surface area contributed by atoms with Crippen molar-refractivity contribution < 1.29 is 13.7 Å². The normalized spacial score (nSPS) is 16.6. The number of hydrogen-bond acceptors (Lipinski definition) is 6. The second-order valence-electron chi connectivity index (χ2n) is 7.39. The third kappa shape index (κ3) is 5.08. The van der Waals surface area contributed by atoms with Gasteiger partial charge in [-0.3, -0.25) is 9.69 Å². The van der Waals surface area contributed by atoms with Crippen molar-refractivity contribution in [2.24, 2.45) is 0 Å². The first kappa shape index (κ1) is 21.0. The zero-order valence-corrected chi connectivity index (χ0v) is 17.3. The topological polar surface area (TPSA) is 95.1 Å². The number of hydrogen-bond donors (Lipinski definition) is 1. The van der Waals surface area contributed by atoms with Crippen molar-refractivity contribution in [2.45, 2.75) is 18.8 Å². The zero-order chi connectivity index (χ0) is 21.8. The summed E-state index contributed by atoms with van der Waals surface area (Å²) < 4.78 is 18.6. The number of benzene rings is 2. The van der Waals surface area contributed by atoms with Crippen molar-refractivity contribution in [2.75, 3.05) is 25.0 Å². The molecule has 1 amide bonds. The van der Waals surface area contributed by atoms with Gasteiger partial charge in [0.2, 0.25) is 17.6 Å². The third-order valence-electron chi connectivity index (χ3n) is 5.14.